The number of amides is 1. The maximum absolute atomic E-state index is 12.2. The minimum absolute atomic E-state index is 0.124. The zero-order valence-electron chi connectivity index (χ0n) is 18.7. The number of benzene rings is 3. The fourth-order valence-electron chi connectivity index (χ4n) is 3.86. The SMILES string of the molecule is Cc1ccc(-n2c(Cc3cccc4ccccc34)nnc2SCC(=O)NCCC#N)c(C)c1. The Labute approximate surface area is 197 Å². The molecule has 1 amide bonds. The van der Waals surface area contributed by atoms with Gasteiger partial charge in [0, 0.05) is 13.0 Å². The summed E-state index contributed by atoms with van der Waals surface area (Å²) in [4.78, 5) is 12.2. The highest BCUT2D eigenvalue weighted by Gasteiger charge is 2.18. The van der Waals surface area contributed by atoms with Crippen LogP contribution in [0.25, 0.3) is 16.5 Å². The maximum Gasteiger partial charge on any atom is 0.230 e. The molecular weight excluding hydrogens is 430 g/mol. The number of hydrogen-bond acceptors (Lipinski definition) is 5. The van der Waals surface area contributed by atoms with Crippen LogP contribution in [0.5, 0.6) is 0 Å². The zero-order valence-corrected chi connectivity index (χ0v) is 19.5. The quantitative estimate of drug-likeness (QED) is 0.306. The van der Waals surface area contributed by atoms with Gasteiger partial charge in [0.05, 0.1) is 23.9 Å². The molecule has 0 atom stereocenters. The van der Waals surface area contributed by atoms with Crippen molar-refractivity contribution in [3.63, 3.8) is 0 Å². The number of hydrogen-bond donors (Lipinski definition) is 1. The topological polar surface area (TPSA) is 83.6 Å². The third-order valence-corrected chi connectivity index (χ3v) is 6.34. The Morgan fingerprint density at radius 1 is 1.09 bits per heavy atom. The van der Waals surface area contributed by atoms with Gasteiger partial charge >= 0.3 is 0 Å². The number of nitrogens with one attached hydrogen (secondary N) is 1. The summed E-state index contributed by atoms with van der Waals surface area (Å²) in [5.41, 5.74) is 4.49. The van der Waals surface area contributed by atoms with Crippen LogP contribution < -0.4 is 5.32 Å². The molecule has 166 valence electrons. The van der Waals surface area contributed by atoms with Gasteiger partial charge in [-0.2, -0.15) is 5.26 Å². The first-order valence-electron chi connectivity index (χ1n) is 10.8. The van der Waals surface area contributed by atoms with Crippen LogP contribution in [-0.2, 0) is 11.2 Å². The highest BCUT2D eigenvalue weighted by Crippen LogP contribution is 2.28. The van der Waals surface area contributed by atoms with Crippen LogP contribution in [0.1, 0.15) is 28.9 Å². The molecule has 0 aliphatic carbocycles. The average Bonchev–Trinajstić information content (AvgIpc) is 3.20. The van der Waals surface area contributed by atoms with Crippen LogP contribution in [0.2, 0.25) is 0 Å². The number of carbonyl (C=O) groups excluding carboxylic acids is 1. The van der Waals surface area contributed by atoms with E-state index in [0.29, 0.717) is 24.5 Å². The summed E-state index contributed by atoms with van der Waals surface area (Å²) in [6, 6.07) is 23.0. The van der Waals surface area contributed by atoms with E-state index in [1.165, 1.54) is 33.7 Å². The first kappa shape index (κ1) is 22.6. The molecule has 7 heteroatoms. The third-order valence-electron chi connectivity index (χ3n) is 5.41. The van der Waals surface area contributed by atoms with Crippen molar-refractivity contribution >= 4 is 28.4 Å². The standard InChI is InChI=1S/C26H25N5OS/c1-18-11-12-23(19(2)15-18)31-24(16-21-9-5-8-20-7-3-4-10-22(20)21)29-30-26(31)33-17-25(32)28-14-6-13-27/h3-5,7-12,15H,6,14,16-17H2,1-2H3,(H,28,32). The second-order valence-electron chi connectivity index (χ2n) is 7.89. The molecule has 0 saturated carbocycles. The first-order valence-corrected chi connectivity index (χ1v) is 11.8. The van der Waals surface area contributed by atoms with Crippen molar-refractivity contribution in [2.24, 2.45) is 0 Å². The molecule has 1 heterocycles. The van der Waals surface area contributed by atoms with E-state index in [-0.39, 0.29) is 11.7 Å². The number of thioether (sulfide) groups is 1. The van der Waals surface area contributed by atoms with Gasteiger partial charge in [-0.05, 0) is 41.8 Å². The molecule has 0 bridgehead atoms. The number of fused-ring (bicyclic) bond motifs is 1. The van der Waals surface area contributed by atoms with Gasteiger partial charge in [-0.1, -0.05) is 71.9 Å². The van der Waals surface area contributed by atoms with Gasteiger partial charge in [-0.25, -0.2) is 0 Å². The van der Waals surface area contributed by atoms with Crippen LogP contribution in [0.4, 0.5) is 0 Å². The van der Waals surface area contributed by atoms with E-state index in [1.54, 1.807) is 0 Å². The molecule has 0 spiro atoms. The third kappa shape index (κ3) is 5.24. The Kier molecular flexibility index (Phi) is 7.06. The van der Waals surface area contributed by atoms with Crippen molar-refractivity contribution in [2.45, 2.75) is 31.8 Å². The lowest BCUT2D eigenvalue weighted by Crippen LogP contribution is -2.26. The summed E-state index contributed by atoms with van der Waals surface area (Å²) in [6.45, 7) is 4.50. The molecule has 33 heavy (non-hydrogen) atoms. The van der Waals surface area contributed by atoms with Crippen LogP contribution in [0.3, 0.4) is 0 Å². The lowest BCUT2D eigenvalue weighted by atomic mass is 10.0. The van der Waals surface area contributed by atoms with Crippen molar-refractivity contribution in [1.82, 2.24) is 20.1 Å². The first-order chi connectivity index (χ1) is 16.1. The molecule has 6 nitrogen and oxygen atoms in total. The summed E-state index contributed by atoms with van der Waals surface area (Å²) in [6.07, 6.45) is 0.918. The second kappa shape index (κ2) is 10.3. The van der Waals surface area contributed by atoms with Gasteiger partial charge in [0.25, 0.3) is 0 Å². The van der Waals surface area contributed by atoms with Gasteiger partial charge in [-0.3, -0.25) is 9.36 Å². The summed E-state index contributed by atoms with van der Waals surface area (Å²) in [7, 11) is 0. The van der Waals surface area contributed by atoms with E-state index in [1.807, 2.05) is 18.2 Å². The molecule has 0 aliphatic rings. The fourth-order valence-corrected chi connectivity index (χ4v) is 4.66. The number of aromatic nitrogens is 3. The zero-order chi connectivity index (χ0) is 23.2. The normalized spacial score (nSPS) is 10.8. The monoisotopic (exact) mass is 455 g/mol. The largest absolute Gasteiger partial charge is 0.354 e. The van der Waals surface area contributed by atoms with Crippen LogP contribution >= 0.6 is 11.8 Å². The second-order valence-corrected chi connectivity index (χ2v) is 8.83. The van der Waals surface area contributed by atoms with E-state index in [0.717, 1.165) is 17.1 Å². The average molecular weight is 456 g/mol. The molecule has 3 aromatic carbocycles. The minimum Gasteiger partial charge on any atom is -0.354 e. The molecule has 4 aromatic rings. The van der Waals surface area contributed by atoms with Crippen LogP contribution in [0.15, 0.2) is 65.8 Å². The number of nitriles is 1. The van der Waals surface area contributed by atoms with Crippen molar-refractivity contribution in [3.8, 4) is 11.8 Å². The molecule has 0 aliphatic heterocycles. The molecule has 4 rings (SSSR count). The van der Waals surface area contributed by atoms with Crippen LogP contribution in [-0.4, -0.2) is 33.0 Å². The van der Waals surface area contributed by atoms with Gasteiger partial charge in [-0.15, -0.1) is 10.2 Å². The van der Waals surface area contributed by atoms with Gasteiger partial charge in [0.2, 0.25) is 5.91 Å². The maximum atomic E-state index is 12.2. The molecule has 1 aromatic heterocycles. The lowest BCUT2D eigenvalue weighted by Gasteiger charge is -2.14. The molecule has 0 saturated heterocycles. The highest BCUT2D eigenvalue weighted by atomic mass is 32.2. The fraction of sp³-hybridized carbons (Fsp3) is 0.231. The van der Waals surface area contributed by atoms with E-state index >= 15 is 0 Å². The minimum atomic E-state index is -0.124. The number of rotatable bonds is 8. The Morgan fingerprint density at radius 3 is 2.73 bits per heavy atom. The molecule has 0 fully saturated rings. The Morgan fingerprint density at radius 2 is 1.91 bits per heavy atom. The van der Waals surface area contributed by atoms with Gasteiger partial charge in [0.15, 0.2) is 5.16 Å². The van der Waals surface area contributed by atoms with Gasteiger partial charge in [0.1, 0.15) is 5.82 Å². The molecule has 1 N–H and O–H groups in total. The van der Waals surface area contributed by atoms with E-state index in [4.69, 9.17) is 5.26 Å². The number of nitrogens with zero attached hydrogens (tertiary/aromatic N) is 4. The summed E-state index contributed by atoms with van der Waals surface area (Å²) in [5.74, 6) is 0.912. The van der Waals surface area contributed by atoms with E-state index in [9.17, 15) is 4.79 Å². The number of carbonyl (C=O) groups is 1. The highest BCUT2D eigenvalue weighted by molar-refractivity contribution is 7.99. The van der Waals surface area contributed by atoms with E-state index < -0.39 is 0 Å². The Bertz CT molecular complexity index is 1330. The Balaban J connectivity index is 1.68. The lowest BCUT2D eigenvalue weighted by molar-refractivity contribution is -0.118. The van der Waals surface area contributed by atoms with E-state index in [2.05, 4.69) is 82.5 Å². The summed E-state index contributed by atoms with van der Waals surface area (Å²) in [5, 5.41) is 23.4. The summed E-state index contributed by atoms with van der Waals surface area (Å²) >= 11 is 1.35. The van der Waals surface area contributed by atoms with Crippen molar-refractivity contribution in [1.29, 1.82) is 5.26 Å². The molecule has 0 radical (unpaired) electrons. The summed E-state index contributed by atoms with van der Waals surface area (Å²) < 4.78 is 2.06. The Hall–Kier alpha value is -3.63. The molecular formula is C26H25N5OS. The van der Waals surface area contributed by atoms with Gasteiger partial charge < -0.3 is 5.32 Å². The predicted molar refractivity (Wildman–Crippen MR) is 132 cm³/mol. The molecule has 0 unspecified atom stereocenters. The van der Waals surface area contributed by atoms with Crippen molar-refractivity contribution in [3.05, 3.63) is 83.2 Å². The predicted octanol–water partition coefficient (Wildman–Crippen LogP) is 4.75. The van der Waals surface area contributed by atoms with Crippen LogP contribution in [0, 0.1) is 25.2 Å². The van der Waals surface area contributed by atoms with Crippen molar-refractivity contribution < 1.29 is 4.79 Å². The van der Waals surface area contributed by atoms with Crippen molar-refractivity contribution in [2.75, 3.05) is 12.3 Å². The number of aryl methyl sites for hydroxylation is 2. The smallest absolute Gasteiger partial charge is 0.230 e.